The van der Waals surface area contributed by atoms with E-state index < -0.39 is 23.6 Å². The van der Waals surface area contributed by atoms with Crippen LogP contribution in [0.1, 0.15) is 19.4 Å². The van der Waals surface area contributed by atoms with Crippen LogP contribution in [-0.2, 0) is 9.59 Å². The number of carbonyl (C=O) groups excluding carboxylic acids is 1. The van der Waals surface area contributed by atoms with Gasteiger partial charge in [0.15, 0.2) is 0 Å². The van der Waals surface area contributed by atoms with Gasteiger partial charge < -0.3 is 24.8 Å². The van der Waals surface area contributed by atoms with Crippen molar-refractivity contribution in [2.75, 3.05) is 11.9 Å². The first-order chi connectivity index (χ1) is 14.7. The predicted molar refractivity (Wildman–Crippen MR) is 114 cm³/mol. The number of carboxylic acid groups (broad SMARTS) is 1. The maximum atomic E-state index is 12.4. The molecule has 0 radical (unpaired) electrons. The average Bonchev–Trinajstić information content (AvgIpc) is 2.93. The van der Waals surface area contributed by atoms with Gasteiger partial charge in [-0.3, -0.25) is 4.79 Å². The fourth-order valence-corrected chi connectivity index (χ4v) is 4.61. The lowest BCUT2D eigenvalue weighted by atomic mass is 9.78. The number of fused-ring (bicyclic) bond motifs is 2. The van der Waals surface area contributed by atoms with Crippen LogP contribution < -0.4 is 10.9 Å². The van der Waals surface area contributed by atoms with Crippen LogP contribution in [0.5, 0.6) is 0 Å². The third-order valence-corrected chi connectivity index (χ3v) is 6.10. The molecule has 0 unspecified atom stereocenters. The van der Waals surface area contributed by atoms with E-state index in [0.717, 1.165) is 16.6 Å². The Hall–Kier alpha value is -3.39. The molecule has 1 aromatic carbocycles. The van der Waals surface area contributed by atoms with Crippen LogP contribution >= 0.6 is 0 Å². The number of aliphatic hydroxyl groups is 1. The molecule has 1 fully saturated rings. The summed E-state index contributed by atoms with van der Waals surface area (Å²) < 4.78 is 5.25. The van der Waals surface area contributed by atoms with E-state index in [1.807, 2.05) is 26.0 Å². The van der Waals surface area contributed by atoms with Gasteiger partial charge >= 0.3 is 11.6 Å². The summed E-state index contributed by atoms with van der Waals surface area (Å²) in [7, 11) is 0. The molecule has 1 aromatic heterocycles. The normalized spacial score (nSPS) is 23.9. The first kappa shape index (κ1) is 20.9. The Balaban J connectivity index is 1.51. The van der Waals surface area contributed by atoms with Gasteiger partial charge in [0.25, 0.3) is 0 Å². The molecule has 0 spiro atoms. The Labute approximate surface area is 178 Å². The van der Waals surface area contributed by atoms with Crippen LogP contribution in [0, 0.1) is 18.8 Å². The molecule has 4 rings (SSSR count). The first-order valence-electron chi connectivity index (χ1n) is 10.1. The van der Waals surface area contributed by atoms with E-state index in [0.29, 0.717) is 17.7 Å². The highest BCUT2D eigenvalue weighted by Crippen LogP contribution is 2.47. The van der Waals surface area contributed by atoms with Crippen LogP contribution in [0.2, 0.25) is 0 Å². The maximum Gasteiger partial charge on any atom is 0.352 e. The molecule has 0 aliphatic carbocycles. The zero-order valence-electron chi connectivity index (χ0n) is 17.5. The Morgan fingerprint density at radius 2 is 2.06 bits per heavy atom. The van der Waals surface area contributed by atoms with Crippen molar-refractivity contribution in [2.24, 2.45) is 11.8 Å². The standard InChI is InChI=1S/C23H24N2O6/c1-11-9-18(27)31-17-10-14(6-7-15(11)17)24-8-4-5-16-12(2)20-19(13(3)26)22(28)25(20)21(16)23(29)30/h4-7,9-10,12-13,19-20,24,26H,8H2,1-3H3,(H,29,30)/b5-4+/t12-,13+,19+,20+/m0/s1. The summed E-state index contributed by atoms with van der Waals surface area (Å²) in [5, 5.41) is 23.6. The molecular formula is C23H24N2O6. The lowest BCUT2D eigenvalue weighted by Crippen LogP contribution is -2.63. The number of nitrogens with one attached hydrogen (secondary N) is 1. The minimum atomic E-state index is -1.15. The van der Waals surface area contributed by atoms with Crippen molar-refractivity contribution in [1.29, 1.82) is 0 Å². The van der Waals surface area contributed by atoms with Crippen LogP contribution in [0.3, 0.4) is 0 Å². The quantitative estimate of drug-likeness (QED) is 0.481. The molecule has 2 aliphatic heterocycles. The van der Waals surface area contributed by atoms with Crippen molar-refractivity contribution in [3.8, 4) is 0 Å². The Kier molecular flexibility index (Phi) is 5.18. The van der Waals surface area contributed by atoms with E-state index in [1.165, 1.54) is 11.0 Å². The lowest BCUT2D eigenvalue weighted by molar-refractivity contribution is -0.163. The second-order valence-electron chi connectivity index (χ2n) is 8.11. The molecule has 3 N–H and O–H groups in total. The first-order valence-corrected chi connectivity index (χ1v) is 10.1. The van der Waals surface area contributed by atoms with Crippen molar-refractivity contribution in [1.82, 2.24) is 4.90 Å². The number of hydrogen-bond acceptors (Lipinski definition) is 6. The van der Waals surface area contributed by atoms with Gasteiger partial charge in [-0.2, -0.15) is 0 Å². The molecule has 4 atom stereocenters. The third-order valence-electron chi connectivity index (χ3n) is 6.10. The predicted octanol–water partition coefficient (Wildman–Crippen LogP) is 2.27. The third kappa shape index (κ3) is 3.42. The van der Waals surface area contributed by atoms with E-state index in [1.54, 1.807) is 25.1 Å². The zero-order valence-corrected chi connectivity index (χ0v) is 17.5. The van der Waals surface area contributed by atoms with Gasteiger partial charge in [-0.15, -0.1) is 0 Å². The molecule has 2 aliphatic rings. The number of carbonyl (C=O) groups is 2. The number of benzene rings is 1. The van der Waals surface area contributed by atoms with Gasteiger partial charge in [-0.25, -0.2) is 9.59 Å². The van der Waals surface area contributed by atoms with Crippen molar-refractivity contribution >= 4 is 28.5 Å². The number of nitrogens with zero attached hydrogens (tertiary/aromatic N) is 1. The number of hydrogen-bond donors (Lipinski definition) is 3. The lowest BCUT2D eigenvalue weighted by Gasteiger charge is -2.46. The summed E-state index contributed by atoms with van der Waals surface area (Å²) in [5.41, 5.74) is 2.24. The van der Waals surface area contributed by atoms with Gasteiger partial charge in [-0.1, -0.05) is 19.1 Å². The molecule has 8 heteroatoms. The van der Waals surface area contributed by atoms with E-state index in [4.69, 9.17) is 4.42 Å². The smallest absolute Gasteiger partial charge is 0.352 e. The van der Waals surface area contributed by atoms with Gasteiger partial charge in [0.2, 0.25) is 5.91 Å². The highest BCUT2D eigenvalue weighted by molar-refractivity contribution is 6.00. The van der Waals surface area contributed by atoms with Crippen LogP contribution in [-0.4, -0.2) is 45.7 Å². The highest BCUT2D eigenvalue weighted by atomic mass is 16.4. The summed E-state index contributed by atoms with van der Waals surface area (Å²) in [6.07, 6.45) is 2.68. The molecule has 2 aromatic rings. The molecule has 162 valence electrons. The average molecular weight is 424 g/mol. The number of carboxylic acids is 1. The van der Waals surface area contributed by atoms with Crippen LogP contribution in [0.15, 0.2) is 56.9 Å². The van der Waals surface area contributed by atoms with E-state index >= 15 is 0 Å². The molecule has 0 saturated carbocycles. The minimum absolute atomic E-state index is 0.0152. The summed E-state index contributed by atoms with van der Waals surface area (Å²) in [4.78, 5) is 37.1. The van der Waals surface area contributed by atoms with E-state index in [9.17, 15) is 24.6 Å². The van der Waals surface area contributed by atoms with Gasteiger partial charge in [0.05, 0.1) is 18.1 Å². The maximum absolute atomic E-state index is 12.4. The van der Waals surface area contributed by atoms with Crippen LogP contribution in [0.25, 0.3) is 11.0 Å². The van der Waals surface area contributed by atoms with E-state index in [-0.39, 0.29) is 23.6 Å². The number of amides is 1. The number of aryl methyl sites for hydroxylation is 1. The summed E-state index contributed by atoms with van der Waals surface area (Å²) in [6.45, 7) is 5.68. The number of allylic oxidation sites excluding steroid dienone is 1. The molecule has 3 heterocycles. The fourth-order valence-electron chi connectivity index (χ4n) is 4.61. The highest BCUT2D eigenvalue weighted by Gasteiger charge is 2.59. The molecule has 8 nitrogen and oxygen atoms in total. The minimum Gasteiger partial charge on any atom is -0.477 e. The molecule has 1 amide bonds. The van der Waals surface area contributed by atoms with Crippen molar-refractivity contribution < 1.29 is 24.2 Å². The number of anilines is 1. The Morgan fingerprint density at radius 3 is 2.74 bits per heavy atom. The SMILES string of the molecule is Cc1cc(=O)oc2cc(NC/C=C/C3=C(C(=O)O)N4C(=O)[C@H]([C@@H](C)O)[C@H]4[C@H]3C)ccc12. The van der Waals surface area contributed by atoms with Crippen LogP contribution in [0.4, 0.5) is 5.69 Å². The second-order valence-corrected chi connectivity index (χ2v) is 8.11. The second kappa shape index (κ2) is 7.70. The Morgan fingerprint density at radius 1 is 1.32 bits per heavy atom. The summed E-state index contributed by atoms with van der Waals surface area (Å²) in [5.74, 6) is -2.28. The van der Waals surface area contributed by atoms with Crippen molar-refractivity contribution in [2.45, 2.75) is 32.9 Å². The van der Waals surface area contributed by atoms with E-state index in [2.05, 4.69) is 5.32 Å². The number of rotatable bonds is 6. The largest absolute Gasteiger partial charge is 0.477 e. The zero-order chi connectivity index (χ0) is 22.4. The van der Waals surface area contributed by atoms with Crippen molar-refractivity contribution in [3.63, 3.8) is 0 Å². The topological polar surface area (TPSA) is 120 Å². The molecule has 1 saturated heterocycles. The number of aliphatic hydroxyl groups excluding tert-OH is 1. The number of aliphatic carboxylic acids is 1. The number of β-lactam (4-membered cyclic amide) rings is 1. The van der Waals surface area contributed by atoms with Gasteiger partial charge in [-0.05, 0) is 37.1 Å². The monoisotopic (exact) mass is 424 g/mol. The molecular weight excluding hydrogens is 400 g/mol. The van der Waals surface area contributed by atoms with Gasteiger partial charge in [0, 0.05) is 35.7 Å². The van der Waals surface area contributed by atoms with Gasteiger partial charge in [0.1, 0.15) is 11.3 Å². The summed E-state index contributed by atoms with van der Waals surface area (Å²) in [6, 6.07) is 6.61. The fraction of sp³-hybridized carbons (Fsp3) is 0.348. The molecule has 31 heavy (non-hydrogen) atoms. The summed E-state index contributed by atoms with van der Waals surface area (Å²) >= 11 is 0. The van der Waals surface area contributed by atoms with Crippen molar-refractivity contribution in [3.05, 3.63) is 63.7 Å². The molecule has 0 bridgehead atoms. The Bertz CT molecular complexity index is 1190.